The topological polar surface area (TPSA) is 41.1 Å². The highest BCUT2D eigenvalue weighted by atomic mass is 32.1. The molecule has 2 rings (SSSR count). The summed E-state index contributed by atoms with van der Waals surface area (Å²) in [6.45, 7) is 7.46. The van der Waals surface area contributed by atoms with Gasteiger partial charge in [0.15, 0.2) is 0 Å². The van der Waals surface area contributed by atoms with Gasteiger partial charge in [0.25, 0.3) is 5.91 Å². The molecule has 0 aliphatic rings. The molecule has 0 saturated carbocycles. The number of aryl methyl sites for hydroxylation is 2. The van der Waals surface area contributed by atoms with Gasteiger partial charge in [0.2, 0.25) is 0 Å². The van der Waals surface area contributed by atoms with Crippen molar-refractivity contribution in [2.24, 2.45) is 0 Å². The van der Waals surface area contributed by atoms with Crippen LogP contribution in [0.1, 0.15) is 34.0 Å². The van der Waals surface area contributed by atoms with Crippen molar-refractivity contribution in [3.05, 3.63) is 51.2 Å². The minimum atomic E-state index is -0.0322. The number of hydrogen-bond acceptors (Lipinski definition) is 3. The van der Waals surface area contributed by atoms with Crippen LogP contribution < -0.4 is 10.6 Å². The molecule has 3 nitrogen and oxygen atoms in total. The summed E-state index contributed by atoms with van der Waals surface area (Å²) in [5, 5.41) is 10.4. The van der Waals surface area contributed by atoms with Crippen LogP contribution in [0.25, 0.3) is 0 Å². The van der Waals surface area contributed by atoms with E-state index in [2.05, 4.69) is 28.3 Å². The number of carbonyl (C=O) groups excluding carboxylic acids is 1. The number of anilines is 1. The highest BCUT2D eigenvalue weighted by Crippen LogP contribution is 2.18. The van der Waals surface area contributed by atoms with Crippen LogP contribution in [0.4, 0.5) is 5.69 Å². The minimum absolute atomic E-state index is 0.0322. The molecular weight excluding hydrogens is 268 g/mol. The molecule has 2 N–H and O–H groups in total. The molecule has 0 aliphatic carbocycles. The van der Waals surface area contributed by atoms with Crippen molar-refractivity contribution >= 4 is 22.9 Å². The SMILES string of the molecule is CCNc1ccc(C)cc1C(=O)NCc1cscc1C. The zero-order valence-corrected chi connectivity index (χ0v) is 12.9. The maximum Gasteiger partial charge on any atom is 0.253 e. The molecule has 106 valence electrons. The monoisotopic (exact) mass is 288 g/mol. The van der Waals surface area contributed by atoms with E-state index in [1.807, 2.05) is 32.0 Å². The number of rotatable bonds is 5. The third-order valence-electron chi connectivity index (χ3n) is 3.19. The predicted octanol–water partition coefficient (Wildman–Crippen LogP) is 3.73. The molecule has 0 unspecified atom stereocenters. The molecule has 0 saturated heterocycles. The number of carbonyl (C=O) groups is 1. The maximum atomic E-state index is 12.4. The van der Waals surface area contributed by atoms with Crippen LogP contribution in [0.2, 0.25) is 0 Å². The number of benzene rings is 1. The zero-order chi connectivity index (χ0) is 14.5. The van der Waals surface area contributed by atoms with Gasteiger partial charge < -0.3 is 10.6 Å². The van der Waals surface area contributed by atoms with Gasteiger partial charge in [-0.05, 0) is 54.8 Å². The standard InChI is InChI=1S/C16H20N2OS/c1-4-17-15-6-5-11(2)7-14(15)16(19)18-8-13-10-20-9-12(13)3/h5-7,9-10,17H,4,8H2,1-3H3,(H,18,19). The van der Waals surface area contributed by atoms with E-state index in [1.165, 1.54) is 11.1 Å². The first-order chi connectivity index (χ1) is 9.61. The Bertz CT molecular complexity index is 604. The summed E-state index contributed by atoms with van der Waals surface area (Å²) >= 11 is 1.66. The Morgan fingerprint density at radius 3 is 2.70 bits per heavy atom. The van der Waals surface area contributed by atoms with Crippen molar-refractivity contribution < 1.29 is 4.79 Å². The summed E-state index contributed by atoms with van der Waals surface area (Å²) < 4.78 is 0. The second kappa shape index (κ2) is 6.57. The van der Waals surface area contributed by atoms with Gasteiger partial charge in [-0.25, -0.2) is 0 Å². The van der Waals surface area contributed by atoms with Crippen molar-refractivity contribution in [3.8, 4) is 0 Å². The van der Waals surface area contributed by atoms with Crippen LogP contribution in [-0.4, -0.2) is 12.5 Å². The Morgan fingerprint density at radius 1 is 1.25 bits per heavy atom. The third kappa shape index (κ3) is 3.39. The first-order valence-corrected chi connectivity index (χ1v) is 7.70. The van der Waals surface area contributed by atoms with Crippen LogP contribution in [0.3, 0.4) is 0 Å². The minimum Gasteiger partial charge on any atom is -0.385 e. The predicted molar refractivity (Wildman–Crippen MR) is 85.6 cm³/mol. The Morgan fingerprint density at radius 2 is 2.05 bits per heavy atom. The van der Waals surface area contributed by atoms with Crippen molar-refractivity contribution in [3.63, 3.8) is 0 Å². The van der Waals surface area contributed by atoms with E-state index >= 15 is 0 Å². The summed E-state index contributed by atoms with van der Waals surface area (Å²) in [7, 11) is 0. The average molecular weight is 288 g/mol. The van der Waals surface area contributed by atoms with E-state index in [9.17, 15) is 4.79 Å². The van der Waals surface area contributed by atoms with Gasteiger partial charge in [0, 0.05) is 18.8 Å². The lowest BCUT2D eigenvalue weighted by Crippen LogP contribution is -2.24. The van der Waals surface area contributed by atoms with Gasteiger partial charge in [-0.15, -0.1) is 0 Å². The number of amides is 1. The van der Waals surface area contributed by atoms with Crippen LogP contribution in [0, 0.1) is 13.8 Å². The van der Waals surface area contributed by atoms with Crippen LogP contribution in [-0.2, 0) is 6.54 Å². The van der Waals surface area contributed by atoms with Crippen LogP contribution in [0.15, 0.2) is 29.0 Å². The smallest absolute Gasteiger partial charge is 0.253 e. The summed E-state index contributed by atoms with van der Waals surface area (Å²) in [6, 6.07) is 5.90. The van der Waals surface area contributed by atoms with Gasteiger partial charge >= 0.3 is 0 Å². The third-order valence-corrected chi connectivity index (χ3v) is 4.10. The molecule has 1 heterocycles. The fraction of sp³-hybridized carbons (Fsp3) is 0.312. The highest BCUT2D eigenvalue weighted by molar-refractivity contribution is 7.08. The Balaban J connectivity index is 2.12. The van der Waals surface area contributed by atoms with E-state index in [-0.39, 0.29) is 5.91 Å². The summed E-state index contributed by atoms with van der Waals surface area (Å²) in [4.78, 5) is 12.4. The fourth-order valence-corrected chi connectivity index (χ4v) is 2.89. The highest BCUT2D eigenvalue weighted by Gasteiger charge is 2.11. The average Bonchev–Trinajstić information content (AvgIpc) is 2.84. The molecule has 2 aromatic rings. The Hall–Kier alpha value is -1.81. The Kier molecular flexibility index (Phi) is 4.79. The van der Waals surface area contributed by atoms with Crippen molar-refractivity contribution in [2.75, 3.05) is 11.9 Å². The molecule has 0 fully saturated rings. The molecule has 0 atom stereocenters. The molecule has 0 bridgehead atoms. The van der Waals surface area contributed by atoms with E-state index in [4.69, 9.17) is 0 Å². The van der Waals surface area contributed by atoms with Gasteiger partial charge in [0.1, 0.15) is 0 Å². The molecule has 1 amide bonds. The summed E-state index contributed by atoms with van der Waals surface area (Å²) in [6.07, 6.45) is 0. The molecule has 4 heteroatoms. The lowest BCUT2D eigenvalue weighted by molar-refractivity contribution is 0.0951. The second-order valence-corrected chi connectivity index (χ2v) is 5.59. The van der Waals surface area contributed by atoms with Gasteiger partial charge in [-0.1, -0.05) is 11.6 Å². The van der Waals surface area contributed by atoms with E-state index in [1.54, 1.807) is 11.3 Å². The number of thiophene rings is 1. The summed E-state index contributed by atoms with van der Waals surface area (Å²) in [5.41, 5.74) is 5.09. The molecule has 0 radical (unpaired) electrons. The largest absolute Gasteiger partial charge is 0.385 e. The van der Waals surface area contributed by atoms with Gasteiger partial charge in [-0.3, -0.25) is 4.79 Å². The lowest BCUT2D eigenvalue weighted by atomic mass is 10.1. The summed E-state index contributed by atoms with van der Waals surface area (Å²) in [5.74, 6) is -0.0322. The van der Waals surface area contributed by atoms with E-state index in [0.29, 0.717) is 12.1 Å². The second-order valence-electron chi connectivity index (χ2n) is 4.84. The van der Waals surface area contributed by atoms with E-state index in [0.717, 1.165) is 17.8 Å². The van der Waals surface area contributed by atoms with Gasteiger partial charge in [-0.2, -0.15) is 11.3 Å². The number of hydrogen-bond donors (Lipinski definition) is 2. The first kappa shape index (κ1) is 14.6. The van der Waals surface area contributed by atoms with Crippen LogP contribution >= 0.6 is 11.3 Å². The maximum absolute atomic E-state index is 12.4. The normalized spacial score (nSPS) is 10.3. The molecule has 0 spiro atoms. The lowest BCUT2D eigenvalue weighted by Gasteiger charge is -2.12. The van der Waals surface area contributed by atoms with E-state index < -0.39 is 0 Å². The van der Waals surface area contributed by atoms with Crippen molar-refractivity contribution in [1.82, 2.24) is 5.32 Å². The Labute approximate surface area is 124 Å². The molecule has 20 heavy (non-hydrogen) atoms. The molecule has 1 aromatic carbocycles. The molecule has 1 aromatic heterocycles. The van der Waals surface area contributed by atoms with Crippen molar-refractivity contribution in [2.45, 2.75) is 27.3 Å². The molecular formula is C16H20N2OS. The number of nitrogens with one attached hydrogen (secondary N) is 2. The van der Waals surface area contributed by atoms with Gasteiger partial charge in [0.05, 0.1) is 5.56 Å². The zero-order valence-electron chi connectivity index (χ0n) is 12.1. The fourth-order valence-electron chi connectivity index (χ4n) is 2.03. The first-order valence-electron chi connectivity index (χ1n) is 6.76. The van der Waals surface area contributed by atoms with Crippen LogP contribution in [0.5, 0.6) is 0 Å². The van der Waals surface area contributed by atoms with Crippen molar-refractivity contribution in [1.29, 1.82) is 0 Å². The molecule has 0 aliphatic heterocycles. The quantitative estimate of drug-likeness (QED) is 0.880.